The molecule has 2 heterocycles. The molecule has 0 aliphatic heterocycles. The summed E-state index contributed by atoms with van der Waals surface area (Å²) in [6.45, 7) is 1.64. The number of aryl methyl sites for hydroxylation is 1. The van der Waals surface area contributed by atoms with E-state index in [0.29, 0.717) is 27.6 Å². The number of carbonyl (C=O) groups is 1. The van der Waals surface area contributed by atoms with E-state index in [-0.39, 0.29) is 5.69 Å². The molecule has 124 valence electrons. The predicted molar refractivity (Wildman–Crippen MR) is 89.1 cm³/mol. The van der Waals surface area contributed by atoms with Gasteiger partial charge in [0.05, 0.1) is 17.0 Å². The fraction of sp³-hybridized carbons (Fsp3) is 0.0588. The second kappa shape index (κ2) is 6.75. The highest BCUT2D eigenvalue weighted by molar-refractivity contribution is 7.14. The molecule has 0 saturated carbocycles. The summed E-state index contributed by atoms with van der Waals surface area (Å²) in [5.74, 6) is -2.37. The number of aromatic nitrogens is 2. The third-order valence-electron chi connectivity index (χ3n) is 3.38. The fourth-order valence-corrected chi connectivity index (χ4v) is 2.80. The largest absolute Gasteiger partial charge is 0.296 e. The number of carbonyl (C=O) groups excluding carboxylic acids is 1. The molecule has 0 aliphatic rings. The summed E-state index contributed by atoms with van der Waals surface area (Å²) in [7, 11) is 0. The molecule has 2 aromatic heterocycles. The van der Waals surface area contributed by atoms with E-state index in [1.165, 1.54) is 18.2 Å². The van der Waals surface area contributed by atoms with Crippen LogP contribution in [0, 0.1) is 29.9 Å². The van der Waals surface area contributed by atoms with Crippen molar-refractivity contribution in [3.8, 4) is 17.3 Å². The van der Waals surface area contributed by atoms with E-state index in [4.69, 9.17) is 5.26 Å². The molecule has 0 unspecified atom stereocenters. The maximum atomic E-state index is 13.3. The molecule has 1 aromatic carbocycles. The van der Waals surface area contributed by atoms with Crippen molar-refractivity contribution in [3.63, 3.8) is 0 Å². The van der Waals surface area contributed by atoms with Crippen LogP contribution in [0.2, 0.25) is 0 Å². The normalized spacial score (nSPS) is 10.3. The third kappa shape index (κ3) is 3.51. The molecular weight excluding hydrogens is 346 g/mol. The van der Waals surface area contributed by atoms with Crippen LogP contribution in [0.4, 0.5) is 13.9 Å². The fourth-order valence-electron chi connectivity index (χ4n) is 2.09. The number of pyridine rings is 1. The van der Waals surface area contributed by atoms with E-state index >= 15 is 0 Å². The Morgan fingerprint density at radius 1 is 1.20 bits per heavy atom. The quantitative estimate of drug-likeness (QED) is 0.771. The summed E-state index contributed by atoms with van der Waals surface area (Å²) in [4.78, 5) is 20.5. The zero-order valence-electron chi connectivity index (χ0n) is 12.9. The lowest BCUT2D eigenvalue weighted by Crippen LogP contribution is -2.14. The van der Waals surface area contributed by atoms with Gasteiger partial charge in [0.15, 0.2) is 16.8 Å². The van der Waals surface area contributed by atoms with Crippen LogP contribution in [0.3, 0.4) is 0 Å². The topological polar surface area (TPSA) is 78.7 Å². The van der Waals surface area contributed by atoms with Gasteiger partial charge in [0, 0.05) is 10.9 Å². The van der Waals surface area contributed by atoms with Crippen molar-refractivity contribution in [3.05, 3.63) is 64.3 Å². The minimum Gasteiger partial charge on any atom is -0.296 e. The van der Waals surface area contributed by atoms with Crippen molar-refractivity contribution in [1.82, 2.24) is 9.97 Å². The SMILES string of the molecule is Cc1nc(C(=O)Nc2nc(-c3ccc(F)c(F)c3)cs2)ccc1C#N. The van der Waals surface area contributed by atoms with Crippen LogP contribution < -0.4 is 5.32 Å². The summed E-state index contributed by atoms with van der Waals surface area (Å²) >= 11 is 1.15. The number of rotatable bonds is 3. The van der Waals surface area contributed by atoms with Crippen LogP contribution in [0.5, 0.6) is 0 Å². The zero-order chi connectivity index (χ0) is 18.0. The van der Waals surface area contributed by atoms with Crippen LogP contribution in [0.15, 0.2) is 35.7 Å². The molecule has 1 amide bonds. The molecule has 0 bridgehead atoms. The molecule has 5 nitrogen and oxygen atoms in total. The standard InChI is InChI=1S/C17H10F2N4OS/c1-9-11(7-20)3-5-14(21-9)16(24)23-17-22-15(8-25-17)10-2-4-12(18)13(19)6-10/h2-6,8H,1H3,(H,22,23,24). The summed E-state index contributed by atoms with van der Waals surface area (Å²) in [5.41, 5.74) is 1.83. The predicted octanol–water partition coefficient (Wildman–Crippen LogP) is 3.92. The van der Waals surface area contributed by atoms with Crippen molar-refractivity contribution in [2.75, 3.05) is 5.32 Å². The van der Waals surface area contributed by atoms with Gasteiger partial charge in [-0.1, -0.05) is 0 Å². The number of anilines is 1. The molecular formula is C17H10F2N4OS. The molecule has 0 fully saturated rings. The van der Waals surface area contributed by atoms with Crippen LogP contribution in [0.25, 0.3) is 11.3 Å². The first-order chi connectivity index (χ1) is 12.0. The lowest BCUT2D eigenvalue weighted by molar-refractivity contribution is 0.102. The monoisotopic (exact) mass is 356 g/mol. The maximum absolute atomic E-state index is 13.3. The molecule has 1 N–H and O–H groups in total. The van der Waals surface area contributed by atoms with Crippen LogP contribution in [-0.4, -0.2) is 15.9 Å². The van der Waals surface area contributed by atoms with E-state index < -0.39 is 17.5 Å². The lowest BCUT2D eigenvalue weighted by atomic mass is 10.2. The van der Waals surface area contributed by atoms with Crippen molar-refractivity contribution in [2.45, 2.75) is 6.92 Å². The minimum atomic E-state index is -0.964. The highest BCUT2D eigenvalue weighted by Crippen LogP contribution is 2.26. The summed E-state index contributed by atoms with van der Waals surface area (Å²) in [6, 6.07) is 8.42. The number of nitrogens with one attached hydrogen (secondary N) is 1. The average Bonchev–Trinajstić information content (AvgIpc) is 3.05. The molecule has 3 rings (SSSR count). The number of amides is 1. The molecule has 0 aliphatic carbocycles. The zero-order valence-corrected chi connectivity index (χ0v) is 13.7. The molecule has 3 aromatic rings. The molecule has 0 spiro atoms. The first-order valence-corrected chi connectivity index (χ1v) is 7.96. The van der Waals surface area contributed by atoms with E-state index in [1.54, 1.807) is 12.3 Å². The summed E-state index contributed by atoms with van der Waals surface area (Å²) < 4.78 is 26.3. The Hall–Kier alpha value is -3.18. The van der Waals surface area contributed by atoms with Gasteiger partial charge in [-0.15, -0.1) is 11.3 Å². The Kier molecular flexibility index (Phi) is 4.50. The maximum Gasteiger partial charge on any atom is 0.276 e. The second-order valence-corrected chi connectivity index (χ2v) is 5.92. The Labute approximate surface area is 145 Å². The second-order valence-electron chi connectivity index (χ2n) is 5.06. The Balaban J connectivity index is 1.79. The van der Waals surface area contributed by atoms with E-state index in [9.17, 15) is 13.6 Å². The molecule has 25 heavy (non-hydrogen) atoms. The van der Waals surface area contributed by atoms with Crippen molar-refractivity contribution in [2.24, 2.45) is 0 Å². The lowest BCUT2D eigenvalue weighted by Gasteiger charge is -2.03. The number of nitrogens with zero attached hydrogens (tertiary/aromatic N) is 3. The highest BCUT2D eigenvalue weighted by Gasteiger charge is 2.13. The Bertz CT molecular complexity index is 1010. The van der Waals surface area contributed by atoms with Gasteiger partial charge in [0.25, 0.3) is 5.91 Å². The van der Waals surface area contributed by atoms with Gasteiger partial charge in [-0.05, 0) is 37.3 Å². The number of hydrogen-bond acceptors (Lipinski definition) is 5. The van der Waals surface area contributed by atoms with Crippen molar-refractivity contribution >= 4 is 22.4 Å². The molecule has 0 saturated heterocycles. The number of nitriles is 1. The van der Waals surface area contributed by atoms with Gasteiger partial charge in [0.2, 0.25) is 0 Å². The first-order valence-electron chi connectivity index (χ1n) is 7.08. The van der Waals surface area contributed by atoms with Crippen molar-refractivity contribution < 1.29 is 13.6 Å². The van der Waals surface area contributed by atoms with Gasteiger partial charge >= 0.3 is 0 Å². The van der Waals surface area contributed by atoms with E-state index in [2.05, 4.69) is 15.3 Å². The van der Waals surface area contributed by atoms with Crippen LogP contribution >= 0.6 is 11.3 Å². The van der Waals surface area contributed by atoms with Gasteiger partial charge in [0.1, 0.15) is 11.8 Å². The smallest absolute Gasteiger partial charge is 0.276 e. The average molecular weight is 356 g/mol. The Morgan fingerprint density at radius 2 is 2.00 bits per heavy atom. The van der Waals surface area contributed by atoms with Crippen molar-refractivity contribution in [1.29, 1.82) is 5.26 Å². The summed E-state index contributed by atoms with van der Waals surface area (Å²) in [5, 5.41) is 13.4. The van der Waals surface area contributed by atoms with Crippen LogP contribution in [-0.2, 0) is 0 Å². The highest BCUT2D eigenvalue weighted by atomic mass is 32.1. The van der Waals surface area contributed by atoms with Gasteiger partial charge in [-0.25, -0.2) is 18.7 Å². The molecule has 0 atom stereocenters. The summed E-state index contributed by atoms with van der Waals surface area (Å²) in [6.07, 6.45) is 0. The number of thiazole rings is 1. The first kappa shape index (κ1) is 16.7. The van der Waals surface area contributed by atoms with Crippen LogP contribution in [0.1, 0.15) is 21.7 Å². The minimum absolute atomic E-state index is 0.154. The number of benzene rings is 1. The molecule has 8 heteroatoms. The van der Waals surface area contributed by atoms with Gasteiger partial charge in [-0.3, -0.25) is 10.1 Å². The van der Waals surface area contributed by atoms with E-state index in [0.717, 1.165) is 23.5 Å². The Morgan fingerprint density at radius 3 is 2.68 bits per heavy atom. The van der Waals surface area contributed by atoms with Gasteiger partial charge < -0.3 is 0 Å². The molecule has 0 radical (unpaired) electrons. The van der Waals surface area contributed by atoms with Gasteiger partial charge in [-0.2, -0.15) is 5.26 Å². The van der Waals surface area contributed by atoms with E-state index in [1.807, 2.05) is 6.07 Å². The third-order valence-corrected chi connectivity index (χ3v) is 4.14. The number of halogens is 2. The number of hydrogen-bond donors (Lipinski definition) is 1.